The maximum Gasteiger partial charge on any atom is 0.290 e. The van der Waals surface area contributed by atoms with Crippen LogP contribution >= 0.6 is 23.2 Å². The summed E-state index contributed by atoms with van der Waals surface area (Å²) < 4.78 is 5.16. The number of hydrogen-bond acceptors (Lipinski definition) is 4. The Bertz CT molecular complexity index is 547. The highest BCUT2D eigenvalue weighted by atomic mass is 35.5. The van der Waals surface area contributed by atoms with E-state index >= 15 is 0 Å². The van der Waals surface area contributed by atoms with Crippen LogP contribution in [0.4, 0.5) is 5.69 Å². The Balaban J connectivity index is 2.97. The van der Waals surface area contributed by atoms with Crippen LogP contribution < -0.4 is 5.32 Å². The molecule has 0 saturated carbocycles. The number of carbonyl (C=O) groups excluding carboxylic acids is 1. The summed E-state index contributed by atoms with van der Waals surface area (Å²) in [5, 5.41) is 13.2. The molecule has 0 heterocycles. The number of nitrogens with zero attached hydrogens (tertiary/aromatic N) is 1. The van der Waals surface area contributed by atoms with Crippen molar-refractivity contribution < 1.29 is 14.5 Å². The fourth-order valence-corrected chi connectivity index (χ4v) is 1.70. The molecule has 1 aromatic rings. The van der Waals surface area contributed by atoms with E-state index in [-0.39, 0.29) is 22.2 Å². The molecule has 1 amide bonds. The minimum atomic E-state index is -0.690. The molecule has 0 aliphatic heterocycles. The number of amides is 1. The second-order valence-corrected chi connectivity index (χ2v) is 5.48. The molecule has 110 valence electrons. The molecule has 0 aliphatic rings. The van der Waals surface area contributed by atoms with E-state index in [0.717, 1.165) is 6.07 Å². The highest BCUT2D eigenvalue weighted by molar-refractivity contribution is 6.43. The van der Waals surface area contributed by atoms with Gasteiger partial charge in [0.05, 0.1) is 15.5 Å². The van der Waals surface area contributed by atoms with Gasteiger partial charge in [-0.25, -0.2) is 0 Å². The summed E-state index contributed by atoms with van der Waals surface area (Å²) in [6.45, 7) is 3.84. The average molecular weight is 321 g/mol. The number of benzene rings is 1. The first kappa shape index (κ1) is 16.7. The third-order valence-corrected chi connectivity index (χ3v) is 3.49. The number of nitro benzene ring substituents is 1. The van der Waals surface area contributed by atoms with E-state index in [1.54, 1.807) is 13.8 Å². The van der Waals surface area contributed by atoms with Crippen LogP contribution in [0.5, 0.6) is 0 Å². The summed E-state index contributed by atoms with van der Waals surface area (Å²) in [4.78, 5) is 22.1. The lowest BCUT2D eigenvalue weighted by molar-refractivity contribution is -0.384. The average Bonchev–Trinajstić information content (AvgIpc) is 2.38. The Morgan fingerprint density at radius 1 is 1.45 bits per heavy atom. The van der Waals surface area contributed by atoms with Crippen molar-refractivity contribution in [1.82, 2.24) is 5.32 Å². The first-order valence-corrected chi connectivity index (χ1v) is 6.40. The molecule has 8 heteroatoms. The Morgan fingerprint density at radius 2 is 2.05 bits per heavy atom. The molecule has 0 saturated heterocycles. The smallest absolute Gasteiger partial charge is 0.290 e. The van der Waals surface area contributed by atoms with Crippen molar-refractivity contribution in [2.24, 2.45) is 0 Å². The number of hydrogen-bond donors (Lipinski definition) is 1. The zero-order chi connectivity index (χ0) is 15.5. The summed E-state index contributed by atoms with van der Waals surface area (Å²) in [5.41, 5.74) is -0.883. The van der Waals surface area contributed by atoms with Gasteiger partial charge in [-0.05, 0) is 19.9 Å². The first-order valence-electron chi connectivity index (χ1n) is 5.65. The van der Waals surface area contributed by atoms with Crippen LogP contribution in [0.15, 0.2) is 12.1 Å². The number of halogens is 2. The van der Waals surface area contributed by atoms with Gasteiger partial charge < -0.3 is 10.1 Å². The van der Waals surface area contributed by atoms with Crippen molar-refractivity contribution in [3.63, 3.8) is 0 Å². The number of carbonyl (C=O) groups is 1. The minimum absolute atomic E-state index is 0.0444. The molecule has 6 nitrogen and oxygen atoms in total. The summed E-state index contributed by atoms with van der Waals surface area (Å²) >= 11 is 11.5. The van der Waals surface area contributed by atoms with Gasteiger partial charge in [0, 0.05) is 25.3 Å². The van der Waals surface area contributed by atoms with Crippen LogP contribution in [-0.2, 0) is 4.74 Å². The van der Waals surface area contributed by atoms with Gasteiger partial charge in [0.1, 0.15) is 5.02 Å². The first-order chi connectivity index (χ1) is 9.18. The van der Waals surface area contributed by atoms with E-state index in [9.17, 15) is 14.9 Å². The van der Waals surface area contributed by atoms with Gasteiger partial charge in [-0.1, -0.05) is 23.2 Å². The molecule has 20 heavy (non-hydrogen) atoms. The number of ether oxygens (including phenoxy) is 1. The van der Waals surface area contributed by atoms with Gasteiger partial charge in [-0.2, -0.15) is 0 Å². The zero-order valence-corrected chi connectivity index (χ0v) is 12.7. The van der Waals surface area contributed by atoms with Crippen molar-refractivity contribution in [3.8, 4) is 0 Å². The Morgan fingerprint density at radius 3 is 2.55 bits per heavy atom. The third-order valence-electron chi connectivity index (χ3n) is 2.70. The predicted octanol–water partition coefficient (Wildman–Crippen LogP) is 3.06. The fraction of sp³-hybridized carbons (Fsp3) is 0.417. The van der Waals surface area contributed by atoms with E-state index in [4.69, 9.17) is 27.9 Å². The van der Waals surface area contributed by atoms with Crippen molar-refractivity contribution >= 4 is 34.8 Å². The molecule has 0 aromatic heterocycles. The quantitative estimate of drug-likeness (QED) is 0.667. The van der Waals surface area contributed by atoms with Crippen molar-refractivity contribution in [3.05, 3.63) is 37.9 Å². The summed E-state index contributed by atoms with van der Waals surface area (Å²) in [7, 11) is 1.52. The summed E-state index contributed by atoms with van der Waals surface area (Å²) in [5.74, 6) is -0.489. The van der Waals surface area contributed by atoms with Crippen molar-refractivity contribution in [2.45, 2.75) is 19.4 Å². The SMILES string of the molecule is COC(C)(C)CNC(=O)c1cc(Cl)c(Cl)c([N+](=O)[O-])c1. The molecule has 1 aromatic carbocycles. The maximum absolute atomic E-state index is 12.0. The van der Waals surface area contributed by atoms with Crippen LogP contribution in [0.25, 0.3) is 0 Å². The lowest BCUT2D eigenvalue weighted by Gasteiger charge is -2.23. The van der Waals surface area contributed by atoms with Crippen molar-refractivity contribution in [1.29, 1.82) is 0 Å². The molecule has 0 unspecified atom stereocenters. The second-order valence-electron chi connectivity index (χ2n) is 4.69. The number of methoxy groups -OCH3 is 1. The van der Waals surface area contributed by atoms with Gasteiger partial charge in [0.25, 0.3) is 11.6 Å². The molecule has 0 radical (unpaired) electrons. The highest BCUT2D eigenvalue weighted by Crippen LogP contribution is 2.33. The Labute approximate surface area is 126 Å². The Hall–Kier alpha value is -1.37. The van der Waals surface area contributed by atoms with Crippen molar-refractivity contribution in [2.75, 3.05) is 13.7 Å². The molecule has 1 rings (SSSR count). The van der Waals surface area contributed by atoms with Crippen LogP contribution in [-0.4, -0.2) is 30.1 Å². The van der Waals surface area contributed by atoms with E-state index < -0.39 is 22.1 Å². The normalized spacial score (nSPS) is 11.2. The number of nitrogens with one attached hydrogen (secondary N) is 1. The second kappa shape index (κ2) is 6.39. The van der Waals surface area contributed by atoms with Gasteiger partial charge >= 0.3 is 0 Å². The van der Waals surface area contributed by atoms with E-state index in [0.29, 0.717) is 0 Å². The molecule has 1 N–H and O–H groups in total. The number of rotatable bonds is 5. The Kier molecular flexibility index (Phi) is 5.33. The number of nitro groups is 1. The minimum Gasteiger partial charge on any atom is -0.377 e. The highest BCUT2D eigenvalue weighted by Gasteiger charge is 2.22. The molecular weight excluding hydrogens is 307 g/mol. The topological polar surface area (TPSA) is 81.5 Å². The molecule has 0 aliphatic carbocycles. The lowest BCUT2D eigenvalue weighted by Crippen LogP contribution is -2.39. The monoisotopic (exact) mass is 320 g/mol. The fourth-order valence-electron chi connectivity index (χ4n) is 1.31. The van der Waals surface area contributed by atoms with Gasteiger partial charge in [-0.15, -0.1) is 0 Å². The van der Waals surface area contributed by atoms with E-state index in [1.165, 1.54) is 13.2 Å². The summed E-state index contributed by atoms with van der Waals surface area (Å²) in [6.07, 6.45) is 0. The van der Waals surface area contributed by atoms with Crippen LogP contribution in [0.2, 0.25) is 10.0 Å². The zero-order valence-electron chi connectivity index (χ0n) is 11.2. The maximum atomic E-state index is 12.0. The molecule has 0 bridgehead atoms. The largest absolute Gasteiger partial charge is 0.377 e. The van der Waals surface area contributed by atoms with E-state index in [1.807, 2.05) is 0 Å². The van der Waals surface area contributed by atoms with Gasteiger partial charge in [0.2, 0.25) is 0 Å². The standard InChI is InChI=1S/C12H14Cl2N2O4/c1-12(2,20-3)6-15-11(17)7-4-8(13)10(14)9(5-7)16(18)19/h4-5H,6H2,1-3H3,(H,15,17). The predicted molar refractivity (Wildman–Crippen MR) is 76.5 cm³/mol. The van der Waals surface area contributed by atoms with Gasteiger partial charge in [-0.3, -0.25) is 14.9 Å². The van der Waals surface area contributed by atoms with Crippen LogP contribution in [0, 0.1) is 10.1 Å². The van der Waals surface area contributed by atoms with Crippen LogP contribution in [0.1, 0.15) is 24.2 Å². The van der Waals surface area contributed by atoms with E-state index in [2.05, 4.69) is 5.32 Å². The van der Waals surface area contributed by atoms with Gasteiger partial charge in [0.15, 0.2) is 0 Å². The molecule has 0 spiro atoms. The molecule has 0 fully saturated rings. The molecule has 0 atom stereocenters. The van der Waals surface area contributed by atoms with Crippen LogP contribution in [0.3, 0.4) is 0 Å². The molecular formula is C12H14Cl2N2O4. The lowest BCUT2D eigenvalue weighted by atomic mass is 10.1. The summed E-state index contributed by atoms with van der Waals surface area (Å²) in [6, 6.07) is 2.37. The third kappa shape index (κ3) is 4.06.